The van der Waals surface area contributed by atoms with Gasteiger partial charge in [-0.25, -0.2) is 5.43 Å². The van der Waals surface area contributed by atoms with Crippen molar-refractivity contribution in [3.05, 3.63) is 65.2 Å². The van der Waals surface area contributed by atoms with Crippen molar-refractivity contribution in [2.75, 3.05) is 5.32 Å². The molecule has 2 aromatic rings. The molecule has 154 valence electrons. The average molecular weight is 405 g/mol. The van der Waals surface area contributed by atoms with Gasteiger partial charge in [0.2, 0.25) is 0 Å². The van der Waals surface area contributed by atoms with Crippen molar-refractivity contribution in [2.24, 2.45) is 5.10 Å². The number of carbonyl (C=O) groups excluding carboxylic acids is 2. The fraction of sp³-hybridized carbons (Fsp3) is 0.286. The van der Waals surface area contributed by atoms with E-state index in [0.29, 0.717) is 16.8 Å². The minimum atomic E-state index is -4.95. The number of hydrogen-bond donors (Lipinski definition) is 2. The lowest BCUT2D eigenvalue weighted by Crippen LogP contribution is -2.29. The first-order valence-corrected chi connectivity index (χ1v) is 8.82. The molecule has 2 rings (SSSR count). The van der Waals surface area contributed by atoms with Crippen molar-refractivity contribution in [1.29, 1.82) is 0 Å². The highest BCUT2D eigenvalue weighted by Gasteiger charge is 2.38. The van der Waals surface area contributed by atoms with E-state index in [2.05, 4.69) is 31.3 Å². The van der Waals surface area contributed by atoms with Gasteiger partial charge in [0.1, 0.15) is 0 Å². The van der Waals surface area contributed by atoms with Crippen LogP contribution in [0.1, 0.15) is 49.2 Å². The van der Waals surface area contributed by atoms with Gasteiger partial charge in [-0.1, -0.05) is 45.0 Å². The quantitative estimate of drug-likeness (QED) is 0.575. The number of rotatable bonds is 4. The molecule has 0 aliphatic heterocycles. The molecule has 0 heterocycles. The van der Waals surface area contributed by atoms with Crippen LogP contribution in [-0.4, -0.2) is 23.7 Å². The molecular formula is C21H22F3N3O2. The van der Waals surface area contributed by atoms with Gasteiger partial charge in [0.25, 0.3) is 5.91 Å². The second-order valence-electron chi connectivity index (χ2n) is 7.49. The second kappa shape index (κ2) is 8.46. The largest absolute Gasteiger partial charge is 0.471 e. The van der Waals surface area contributed by atoms with Crippen LogP contribution in [-0.2, 0) is 10.2 Å². The smallest absolute Gasteiger partial charge is 0.318 e. The highest BCUT2D eigenvalue weighted by molar-refractivity contribution is 6.01. The molecular weight excluding hydrogens is 383 g/mol. The zero-order valence-corrected chi connectivity index (χ0v) is 16.5. The first-order chi connectivity index (χ1) is 13.4. The number of halogens is 3. The molecule has 0 unspecified atom stereocenters. The Balaban J connectivity index is 2.02. The van der Waals surface area contributed by atoms with Gasteiger partial charge in [0.05, 0.1) is 5.71 Å². The summed E-state index contributed by atoms with van der Waals surface area (Å²) in [5.41, 5.74) is 5.04. The molecule has 0 aliphatic carbocycles. The summed E-state index contributed by atoms with van der Waals surface area (Å²) in [7, 11) is 0. The van der Waals surface area contributed by atoms with Gasteiger partial charge in [-0.15, -0.1) is 0 Å². The third kappa shape index (κ3) is 6.17. The van der Waals surface area contributed by atoms with E-state index in [9.17, 15) is 22.8 Å². The van der Waals surface area contributed by atoms with Gasteiger partial charge in [0.15, 0.2) is 0 Å². The van der Waals surface area contributed by atoms with Crippen molar-refractivity contribution in [3.63, 3.8) is 0 Å². The van der Waals surface area contributed by atoms with E-state index in [4.69, 9.17) is 0 Å². The summed E-state index contributed by atoms with van der Waals surface area (Å²) >= 11 is 0. The molecule has 2 amide bonds. The molecule has 0 radical (unpaired) electrons. The van der Waals surface area contributed by atoms with Gasteiger partial charge in [-0.3, -0.25) is 9.59 Å². The highest BCUT2D eigenvalue weighted by Crippen LogP contribution is 2.22. The molecule has 0 aromatic heterocycles. The van der Waals surface area contributed by atoms with E-state index in [1.807, 2.05) is 12.1 Å². The minimum Gasteiger partial charge on any atom is -0.318 e. The van der Waals surface area contributed by atoms with Crippen LogP contribution in [0.4, 0.5) is 18.9 Å². The summed E-state index contributed by atoms with van der Waals surface area (Å²) in [6.07, 6.45) is -4.95. The third-order valence-corrected chi connectivity index (χ3v) is 4.16. The molecule has 0 bridgehead atoms. The Morgan fingerprint density at radius 2 is 1.38 bits per heavy atom. The summed E-state index contributed by atoms with van der Waals surface area (Å²) in [6, 6.07) is 12.9. The number of alkyl halides is 3. The number of hydrogen-bond acceptors (Lipinski definition) is 3. The fourth-order valence-electron chi connectivity index (χ4n) is 2.38. The van der Waals surface area contributed by atoms with E-state index in [0.717, 1.165) is 5.56 Å². The van der Waals surface area contributed by atoms with Crippen LogP contribution >= 0.6 is 0 Å². The van der Waals surface area contributed by atoms with Crippen molar-refractivity contribution in [2.45, 2.75) is 39.3 Å². The Hall–Kier alpha value is -3.16. The molecule has 0 aliphatic rings. The molecule has 0 atom stereocenters. The number of nitrogens with zero attached hydrogens (tertiary/aromatic N) is 1. The van der Waals surface area contributed by atoms with Gasteiger partial charge < -0.3 is 5.32 Å². The summed E-state index contributed by atoms with van der Waals surface area (Å²) < 4.78 is 36.8. The number of amides is 2. The monoisotopic (exact) mass is 405 g/mol. The van der Waals surface area contributed by atoms with Crippen molar-refractivity contribution in [1.82, 2.24) is 5.43 Å². The normalized spacial score (nSPS) is 12.4. The lowest BCUT2D eigenvalue weighted by molar-refractivity contribution is -0.167. The van der Waals surface area contributed by atoms with Gasteiger partial charge in [-0.2, -0.15) is 18.3 Å². The Morgan fingerprint density at radius 3 is 1.86 bits per heavy atom. The zero-order chi connectivity index (χ0) is 21.8. The van der Waals surface area contributed by atoms with Crippen LogP contribution < -0.4 is 10.7 Å². The van der Waals surface area contributed by atoms with E-state index in [1.54, 1.807) is 24.4 Å². The number of hydrazone groups is 1. The standard InChI is InChI=1S/C21H22F3N3O2/c1-13(14-7-11-17(12-8-14)25-19(29)21(22,23)24)26-27-18(28)15-5-9-16(10-6-15)20(2,3)4/h5-12H,1-4H3,(H,25,29)(H,27,28). The maximum atomic E-state index is 12.3. The van der Waals surface area contributed by atoms with Gasteiger partial charge in [-0.05, 0) is 47.7 Å². The minimum absolute atomic E-state index is 0.00634. The van der Waals surface area contributed by atoms with Crippen LogP contribution in [0.2, 0.25) is 0 Å². The fourth-order valence-corrected chi connectivity index (χ4v) is 2.38. The molecule has 2 aromatic carbocycles. The molecule has 5 nitrogen and oxygen atoms in total. The highest BCUT2D eigenvalue weighted by atomic mass is 19.4. The van der Waals surface area contributed by atoms with Crippen LogP contribution in [0.15, 0.2) is 53.6 Å². The molecule has 0 fully saturated rings. The van der Waals surface area contributed by atoms with Crippen LogP contribution in [0.5, 0.6) is 0 Å². The maximum absolute atomic E-state index is 12.3. The number of carbonyl (C=O) groups is 2. The Labute approximate surface area is 167 Å². The number of benzene rings is 2. The summed E-state index contributed by atoms with van der Waals surface area (Å²) in [6.45, 7) is 7.88. The van der Waals surface area contributed by atoms with Crippen molar-refractivity contribution < 1.29 is 22.8 Å². The Morgan fingerprint density at radius 1 is 0.862 bits per heavy atom. The summed E-state index contributed by atoms with van der Waals surface area (Å²) in [4.78, 5) is 23.2. The third-order valence-electron chi connectivity index (χ3n) is 4.16. The van der Waals surface area contributed by atoms with Crippen LogP contribution in [0.25, 0.3) is 0 Å². The molecule has 0 saturated heterocycles. The molecule has 8 heteroatoms. The van der Waals surface area contributed by atoms with Gasteiger partial charge >= 0.3 is 12.1 Å². The van der Waals surface area contributed by atoms with Crippen LogP contribution in [0, 0.1) is 0 Å². The molecule has 2 N–H and O–H groups in total. The van der Waals surface area contributed by atoms with Crippen LogP contribution in [0.3, 0.4) is 0 Å². The molecule has 0 spiro atoms. The lowest BCUT2D eigenvalue weighted by atomic mass is 9.87. The first-order valence-electron chi connectivity index (χ1n) is 8.82. The van der Waals surface area contributed by atoms with Crippen molar-refractivity contribution in [3.8, 4) is 0 Å². The molecule has 0 saturated carbocycles. The summed E-state index contributed by atoms with van der Waals surface area (Å²) in [5.74, 6) is -2.42. The molecule has 29 heavy (non-hydrogen) atoms. The SMILES string of the molecule is CC(=NNC(=O)c1ccc(C(C)(C)C)cc1)c1ccc(NC(=O)C(F)(F)F)cc1. The Kier molecular flexibility index (Phi) is 6.46. The second-order valence-corrected chi connectivity index (χ2v) is 7.49. The van der Waals surface area contributed by atoms with E-state index in [-0.39, 0.29) is 17.0 Å². The maximum Gasteiger partial charge on any atom is 0.471 e. The van der Waals surface area contributed by atoms with E-state index >= 15 is 0 Å². The summed E-state index contributed by atoms with van der Waals surface area (Å²) in [5, 5.41) is 5.78. The zero-order valence-electron chi connectivity index (χ0n) is 16.5. The Bertz CT molecular complexity index is 910. The van der Waals surface area contributed by atoms with Crippen molar-refractivity contribution >= 4 is 23.2 Å². The predicted molar refractivity (Wildman–Crippen MR) is 106 cm³/mol. The lowest BCUT2D eigenvalue weighted by Gasteiger charge is -2.18. The predicted octanol–water partition coefficient (Wildman–Crippen LogP) is 4.64. The topological polar surface area (TPSA) is 70.6 Å². The van der Waals surface area contributed by atoms with E-state index in [1.165, 1.54) is 24.3 Å². The average Bonchev–Trinajstić information content (AvgIpc) is 2.65. The number of nitrogens with one attached hydrogen (secondary N) is 2. The first kappa shape index (κ1) is 22.1. The van der Waals surface area contributed by atoms with E-state index < -0.39 is 12.1 Å². The van der Waals surface area contributed by atoms with Gasteiger partial charge in [0, 0.05) is 11.3 Å². The number of anilines is 1.